The van der Waals surface area contributed by atoms with E-state index in [-0.39, 0.29) is 0 Å². The van der Waals surface area contributed by atoms with Crippen molar-refractivity contribution in [3.63, 3.8) is 0 Å². The largest absolute Gasteiger partial charge is 0.296 e. The number of Topliss-reactive ketones (excluding diaryl/α,β-unsaturated/α-hetero) is 1. The maximum atomic E-state index is 12.3. The van der Waals surface area contributed by atoms with Crippen LogP contribution in [0.5, 0.6) is 0 Å². The summed E-state index contributed by atoms with van der Waals surface area (Å²) in [5.41, 5.74) is 0.403. The molecule has 20 heavy (non-hydrogen) atoms. The number of hydrogen-bond acceptors (Lipinski definition) is 3. The normalized spacial score (nSPS) is 18.4. The fourth-order valence-corrected chi connectivity index (χ4v) is 3.83. The van der Waals surface area contributed by atoms with Gasteiger partial charge in [-0.15, -0.1) is 11.3 Å². The van der Waals surface area contributed by atoms with Crippen molar-refractivity contribution in [3.8, 4) is 0 Å². The van der Waals surface area contributed by atoms with E-state index in [0.29, 0.717) is 17.7 Å². The highest BCUT2D eigenvalue weighted by Gasteiger charge is 2.29. The van der Waals surface area contributed by atoms with Gasteiger partial charge in [-0.1, -0.05) is 27.7 Å². The Balaban J connectivity index is 1.85. The van der Waals surface area contributed by atoms with Gasteiger partial charge in [0.1, 0.15) is 0 Å². The molecule has 0 bridgehead atoms. The first-order chi connectivity index (χ1) is 9.40. The molecule has 0 radical (unpaired) electrons. The molecule has 1 aliphatic rings. The summed E-state index contributed by atoms with van der Waals surface area (Å²) in [4.78, 5) is 16.9. The van der Waals surface area contributed by atoms with Crippen molar-refractivity contribution < 1.29 is 4.79 Å². The third-order valence-corrected chi connectivity index (χ3v) is 5.74. The maximum Gasteiger partial charge on any atom is 0.186 e. The Labute approximate surface area is 127 Å². The Kier molecular flexibility index (Phi) is 5.03. The summed E-state index contributed by atoms with van der Waals surface area (Å²) < 4.78 is 0. The number of aryl methyl sites for hydroxylation is 1. The predicted octanol–water partition coefficient (Wildman–Crippen LogP) is 4.25. The van der Waals surface area contributed by atoms with Gasteiger partial charge in [0, 0.05) is 4.88 Å². The molecule has 2 heterocycles. The fourth-order valence-electron chi connectivity index (χ4n) is 2.96. The van der Waals surface area contributed by atoms with E-state index in [1.165, 1.54) is 17.7 Å². The lowest BCUT2D eigenvalue weighted by molar-refractivity contribution is 0.0825. The molecule has 112 valence electrons. The van der Waals surface area contributed by atoms with Gasteiger partial charge in [-0.05, 0) is 55.8 Å². The summed E-state index contributed by atoms with van der Waals surface area (Å²) in [6, 6.07) is 4.08. The van der Waals surface area contributed by atoms with Crippen LogP contribution >= 0.6 is 11.3 Å². The number of rotatable bonds is 4. The summed E-state index contributed by atoms with van der Waals surface area (Å²) in [5.74, 6) is 1.09. The van der Waals surface area contributed by atoms with Crippen LogP contribution in [0.4, 0.5) is 0 Å². The van der Waals surface area contributed by atoms with Crippen LogP contribution in [0.2, 0.25) is 0 Å². The first kappa shape index (κ1) is 15.7. The third-order valence-electron chi connectivity index (χ3n) is 4.46. The summed E-state index contributed by atoms with van der Waals surface area (Å²) >= 11 is 1.66. The molecule has 1 aromatic rings. The van der Waals surface area contributed by atoms with Crippen LogP contribution in [0.25, 0.3) is 0 Å². The smallest absolute Gasteiger partial charge is 0.186 e. The molecule has 1 aromatic heterocycles. The van der Waals surface area contributed by atoms with Crippen LogP contribution in [0.1, 0.15) is 55.1 Å². The Morgan fingerprint density at radius 3 is 2.45 bits per heavy atom. The van der Waals surface area contributed by atoms with Crippen molar-refractivity contribution in [2.24, 2.45) is 11.3 Å². The summed E-state index contributed by atoms with van der Waals surface area (Å²) in [6.45, 7) is 11.9. The van der Waals surface area contributed by atoms with E-state index >= 15 is 0 Å². The van der Waals surface area contributed by atoms with Gasteiger partial charge in [-0.3, -0.25) is 9.69 Å². The third kappa shape index (κ3) is 3.92. The quantitative estimate of drug-likeness (QED) is 0.773. The molecule has 0 amide bonds. The van der Waals surface area contributed by atoms with Crippen molar-refractivity contribution in [3.05, 3.63) is 21.9 Å². The highest BCUT2D eigenvalue weighted by atomic mass is 32.1. The van der Waals surface area contributed by atoms with Crippen LogP contribution in [-0.2, 0) is 6.42 Å². The summed E-state index contributed by atoms with van der Waals surface area (Å²) in [7, 11) is 0. The molecule has 0 aromatic carbocycles. The van der Waals surface area contributed by atoms with Crippen LogP contribution in [0, 0.1) is 11.3 Å². The molecular weight excluding hydrogens is 266 g/mol. The predicted molar refractivity (Wildman–Crippen MR) is 86.6 cm³/mol. The van der Waals surface area contributed by atoms with Gasteiger partial charge in [-0.25, -0.2) is 0 Å². The molecule has 0 aliphatic carbocycles. The number of hydrogen-bond donors (Lipinski definition) is 0. The second-order valence-corrected chi connectivity index (χ2v) is 8.13. The van der Waals surface area contributed by atoms with Crippen molar-refractivity contribution in [1.29, 1.82) is 0 Å². The molecular formula is C17H27NOS. The molecule has 1 fully saturated rings. The summed E-state index contributed by atoms with van der Waals surface area (Å²) in [6.07, 6.45) is 3.47. The Bertz CT molecular complexity index is 450. The van der Waals surface area contributed by atoms with E-state index in [2.05, 4.69) is 38.7 Å². The van der Waals surface area contributed by atoms with Crippen molar-refractivity contribution in [1.82, 2.24) is 4.90 Å². The molecule has 0 unspecified atom stereocenters. The molecule has 2 rings (SSSR count). The van der Waals surface area contributed by atoms with Gasteiger partial charge >= 0.3 is 0 Å². The zero-order valence-electron chi connectivity index (χ0n) is 13.2. The Morgan fingerprint density at radius 1 is 1.30 bits per heavy atom. The minimum atomic E-state index is 0.295. The molecule has 0 saturated carbocycles. The zero-order valence-corrected chi connectivity index (χ0v) is 14.1. The van der Waals surface area contributed by atoms with E-state index in [4.69, 9.17) is 0 Å². The highest BCUT2D eigenvalue weighted by Crippen LogP contribution is 2.34. The van der Waals surface area contributed by atoms with Crippen molar-refractivity contribution in [2.45, 2.75) is 47.0 Å². The van der Waals surface area contributed by atoms with Gasteiger partial charge in [0.15, 0.2) is 5.78 Å². The monoisotopic (exact) mass is 293 g/mol. The number of ketones is 1. The topological polar surface area (TPSA) is 20.3 Å². The van der Waals surface area contributed by atoms with Crippen molar-refractivity contribution in [2.75, 3.05) is 19.6 Å². The molecule has 1 saturated heterocycles. The second-order valence-electron chi connectivity index (χ2n) is 6.96. The Morgan fingerprint density at radius 2 is 1.95 bits per heavy atom. The first-order valence-corrected chi connectivity index (χ1v) is 8.56. The van der Waals surface area contributed by atoms with Gasteiger partial charge < -0.3 is 0 Å². The molecule has 0 spiro atoms. The standard InChI is InChI=1S/C17H27NOS/c1-5-14-6-7-16(20-14)15(19)12-18-10-8-13(9-11-18)17(2,3)4/h6-7,13H,5,8-12H2,1-4H3. The van der Waals surface area contributed by atoms with Crippen LogP contribution in [0.15, 0.2) is 12.1 Å². The molecule has 0 atom stereocenters. The minimum absolute atomic E-state index is 0.295. The lowest BCUT2D eigenvalue weighted by Gasteiger charge is -2.38. The number of carbonyl (C=O) groups excluding carboxylic acids is 1. The number of nitrogens with zero attached hydrogens (tertiary/aromatic N) is 1. The number of likely N-dealkylation sites (tertiary alicyclic amines) is 1. The average molecular weight is 293 g/mol. The highest BCUT2D eigenvalue weighted by molar-refractivity contribution is 7.14. The number of piperidine rings is 1. The van der Waals surface area contributed by atoms with Gasteiger partial charge in [0.2, 0.25) is 0 Å². The molecule has 0 N–H and O–H groups in total. The number of carbonyl (C=O) groups is 1. The van der Waals surface area contributed by atoms with E-state index in [9.17, 15) is 4.79 Å². The summed E-state index contributed by atoms with van der Waals surface area (Å²) in [5, 5.41) is 0. The second kappa shape index (κ2) is 6.40. The maximum absolute atomic E-state index is 12.3. The lowest BCUT2D eigenvalue weighted by atomic mass is 9.75. The minimum Gasteiger partial charge on any atom is -0.296 e. The first-order valence-electron chi connectivity index (χ1n) is 7.74. The van der Waals surface area contributed by atoms with E-state index < -0.39 is 0 Å². The Hall–Kier alpha value is -0.670. The van der Waals surface area contributed by atoms with E-state index in [1.807, 2.05) is 6.07 Å². The average Bonchev–Trinajstić information content (AvgIpc) is 2.87. The lowest BCUT2D eigenvalue weighted by Crippen LogP contribution is -2.40. The fraction of sp³-hybridized carbons (Fsp3) is 0.706. The van der Waals surface area contributed by atoms with E-state index in [0.717, 1.165) is 30.3 Å². The van der Waals surface area contributed by atoms with Crippen molar-refractivity contribution >= 4 is 17.1 Å². The zero-order chi connectivity index (χ0) is 14.8. The van der Waals surface area contributed by atoms with Crippen LogP contribution < -0.4 is 0 Å². The molecule has 3 heteroatoms. The number of thiophene rings is 1. The molecule has 2 nitrogen and oxygen atoms in total. The van der Waals surface area contributed by atoms with Crippen LogP contribution in [-0.4, -0.2) is 30.3 Å². The van der Waals surface area contributed by atoms with Gasteiger partial charge in [0.25, 0.3) is 0 Å². The van der Waals surface area contributed by atoms with Gasteiger partial charge in [-0.2, -0.15) is 0 Å². The SMILES string of the molecule is CCc1ccc(C(=O)CN2CCC(C(C)(C)C)CC2)s1. The molecule has 1 aliphatic heterocycles. The van der Waals surface area contributed by atoms with Crippen LogP contribution in [0.3, 0.4) is 0 Å². The van der Waals surface area contributed by atoms with Gasteiger partial charge in [0.05, 0.1) is 11.4 Å². The van der Waals surface area contributed by atoms with E-state index in [1.54, 1.807) is 11.3 Å².